The second-order valence-corrected chi connectivity index (χ2v) is 7.37. The van der Waals surface area contributed by atoms with Crippen LogP contribution in [0.3, 0.4) is 0 Å². The van der Waals surface area contributed by atoms with Crippen LogP contribution in [0.25, 0.3) is 10.8 Å². The van der Waals surface area contributed by atoms with Gasteiger partial charge in [0.15, 0.2) is 0 Å². The van der Waals surface area contributed by atoms with E-state index in [-0.39, 0.29) is 10.6 Å². The molecule has 0 saturated heterocycles. The largest absolute Gasteiger partial charge is 0.507 e. The Kier molecular flexibility index (Phi) is 3.19. The van der Waals surface area contributed by atoms with Gasteiger partial charge < -0.3 is 10.8 Å². The summed E-state index contributed by atoms with van der Waals surface area (Å²) in [5, 5.41) is 16.8. The smallest absolute Gasteiger partial charge is 0.238 e. The molecule has 0 unspecified atom stereocenters. The molecule has 0 radical (unpaired) electrons. The second-order valence-electron chi connectivity index (χ2n) is 5.84. The highest BCUT2D eigenvalue weighted by Gasteiger charge is 2.29. The predicted molar refractivity (Wildman–Crippen MR) is 80.1 cm³/mol. The predicted octanol–water partition coefficient (Wildman–Crippen LogP) is 2.07. The Morgan fingerprint density at radius 1 is 1.15 bits per heavy atom. The van der Waals surface area contributed by atoms with Crippen molar-refractivity contribution in [1.29, 1.82) is 0 Å². The highest BCUT2D eigenvalue weighted by molar-refractivity contribution is 7.89. The van der Waals surface area contributed by atoms with E-state index in [4.69, 9.17) is 10.9 Å². The lowest BCUT2D eigenvalue weighted by Crippen LogP contribution is -2.21. The summed E-state index contributed by atoms with van der Waals surface area (Å²) in [4.78, 5) is -0.0899. The quantitative estimate of drug-likeness (QED) is 0.700. The van der Waals surface area contributed by atoms with Crippen molar-refractivity contribution in [2.45, 2.75) is 31.1 Å². The minimum absolute atomic E-state index is 0.0899. The maximum atomic E-state index is 11.8. The Balaban J connectivity index is 3.08. The summed E-state index contributed by atoms with van der Waals surface area (Å²) < 4.78 is 23.7. The second kappa shape index (κ2) is 4.36. The van der Waals surface area contributed by atoms with Crippen molar-refractivity contribution in [1.82, 2.24) is 0 Å². The fourth-order valence-corrected chi connectivity index (χ4v) is 3.32. The fourth-order valence-electron chi connectivity index (χ4n) is 2.35. The summed E-state index contributed by atoms with van der Waals surface area (Å²) >= 11 is 0. The van der Waals surface area contributed by atoms with E-state index in [9.17, 15) is 13.5 Å². The monoisotopic (exact) mass is 294 g/mol. The summed E-state index contributed by atoms with van der Waals surface area (Å²) in [6.07, 6.45) is 0. The zero-order chi connectivity index (χ0) is 15.3. The Bertz CT molecular complexity index is 790. The number of phenolic OH excluding ortho intramolecular Hbond substituents is 1. The molecular formula is C14H18N2O3S. The molecule has 0 aliphatic heterocycles. The van der Waals surface area contributed by atoms with E-state index in [1.54, 1.807) is 18.2 Å². The topological polar surface area (TPSA) is 106 Å². The minimum atomic E-state index is -3.96. The van der Waals surface area contributed by atoms with E-state index in [1.807, 2.05) is 20.8 Å². The maximum Gasteiger partial charge on any atom is 0.238 e. The van der Waals surface area contributed by atoms with Crippen LogP contribution < -0.4 is 10.9 Å². The van der Waals surface area contributed by atoms with Crippen LogP contribution in [0.1, 0.15) is 26.3 Å². The van der Waals surface area contributed by atoms with Crippen LogP contribution in [-0.2, 0) is 15.4 Å². The van der Waals surface area contributed by atoms with Gasteiger partial charge in [-0.2, -0.15) is 0 Å². The van der Waals surface area contributed by atoms with Crippen molar-refractivity contribution in [2.24, 2.45) is 5.14 Å². The van der Waals surface area contributed by atoms with Gasteiger partial charge in [0.25, 0.3) is 0 Å². The van der Waals surface area contributed by atoms with Gasteiger partial charge in [-0.05, 0) is 17.5 Å². The third kappa shape index (κ3) is 2.32. The van der Waals surface area contributed by atoms with Gasteiger partial charge in [0.2, 0.25) is 10.0 Å². The van der Waals surface area contributed by atoms with Gasteiger partial charge in [-0.1, -0.05) is 32.9 Å². The van der Waals surface area contributed by atoms with Gasteiger partial charge in [0, 0.05) is 22.0 Å². The number of primary sulfonamides is 1. The molecule has 0 aliphatic carbocycles. The lowest BCUT2D eigenvalue weighted by Gasteiger charge is -2.24. The lowest BCUT2D eigenvalue weighted by atomic mass is 9.84. The molecule has 5 nitrogen and oxygen atoms in total. The molecular weight excluding hydrogens is 276 g/mol. The fraction of sp³-hybridized carbons (Fsp3) is 0.286. The number of hydrogen-bond acceptors (Lipinski definition) is 4. The number of rotatable bonds is 1. The molecule has 6 heteroatoms. The summed E-state index contributed by atoms with van der Waals surface area (Å²) in [6.45, 7) is 5.44. The van der Waals surface area contributed by atoms with Gasteiger partial charge in [0.1, 0.15) is 5.75 Å². The van der Waals surface area contributed by atoms with Crippen molar-refractivity contribution in [3.05, 3.63) is 29.8 Å². The normalized spacial score (nSPS) is 12.8. The van der Waals surface area contributed by atoms with Crippen LogP contribution in [0.2, 0.25) is 0 Å². The zero-order valence-corrected chi connectivity index (χ0v) is 12.5. The number of fused-ring (bicyclic) bond motifs is 1. The third-order valence-corrected chi connectivity index (χ3v) is 4.15. The Morgan fingerprint density at radius 2 is 1.75 bits per heavy atom. The highest BCUT2D eigenvalue weighted by Crippen LogP contribution is 2.42. The highest BCUT2D eigenvalue weighted by atomic mass is 32.2. The first-order valence-corrected chi connectivity index (χ1v) is 7.65. The number of benzene rings is 2. The average Bonchev–Trinajstić information content (AvgIpc) is 2.27. The molecule has 2 aromatic carbocycles. The van der Waals surface area contributed by atoms with Crippen molar-refractivity contribution in [2.75, 3.05) is 5.73 Å². The third-order valence-electron chi connectivity index (χ3n) is 3.21. The standard InChI is InChI=1S/C14H18N2O3S/c1-14(2,3)12-11(20(16,18)19)7-9-8(13(12)17)5-4-6-10(9)15/h4-7,17H,15H2,1-3H3,(H2,16,18,19). The van der Waals surface area contributed by atoms with Crippen molar-refractivity contribution >= 4 is 26.5 Å². The number of aromatic hydroxyl groups is 1. The number of hydrogen-bond donors (Lipinski definition) is 3. The molecule has 108 valence electrons. The van der Waals surface area contributed by atoms with Crippen molar-refractivity contribution < 1.29 is 13.5 Å². The molecule has 0 heterocycles. The first kappa shape index (κ1) is 14.6. The number of anilines is 1. The molecule has 5 N–H and O–H groups in total. The van der Waals surface area contributed by atoms with Gasteiger partial charge in [-0.25, -0.2) is 13.6 Å². The molecule has 2 rings (SSSR count). The Morgan fingerprint density at radius 3 is 2.25 bits per heavy atom. The van der Waals surface area contributed by atoms with Crippen LogP contribution >= 0.6 is 0 Å². The van der Waals surface area contributed by atoms with Crippen LogP contribution in [0.5, 0.6) is 5.75 Å². The van der Waals surface area contributed by atoms with Crippen molar-refractivity contribution in [3.8, 4) is 5.75 Å². The van der Waals surface area contributed by atoms with Crippen molar-refractivity contribution in [3.63, 3.8) is 0 Å². The maximum absolute atomic E-state index is 11.8. The van der Waals surface area contributed by atoms with Crippen LogP contribution in [0, 0.1) is 0 Å². The summed E-state index contributed by atoms with van der Waals surface area (Å²) in [5.41, 5.74) is 5.97. The van der Waals surface area contributed by atoms with E-state index in [0.717, 1.165) is 0 Å². The molecule has 0 saturated carbocycles. The molecule has 0 amide bonds. The van der Waals surface area contributed by atoms with Crippen LogP contribution in [0.4, 0.5) is 5.69 Å². The Labute approximate surface area is 118 Å². The number of sulfonamides is 1. The van der Waals surface area contributed by atoms with E-state index in [1.165, 1.54) is 6.07 Å². The number of phenols is 1. The lowest BCUT2D eigenvalue weighted by molar-refractivity contribution is 0.446. The molecule has 0 bridgehead atoms. The molecule has 2 aromatic rings. The summed E-state index contributed by atoms with van der Waals surface area (Å²) in [6, 6.07) is 6.48. The van der Waals surface area contributed by atoms with Crippen LogP contribution in [0.15, 0.2) is 29.2 Å². The first-order valence-electron chi connectivity index (χ1n) is 6.11. The molecule has 0 spiro atoms. The zero-order valence-electron chi connectivity index (χ0n) is 11.6. The summed E-state index contributed by atoms with van der Waals surface area (Å²) in [7, 11) is -3.96. The van der Waals surface area contributed by atoms with E-state index in [2.05, 4.69) is 0 Å². The Hall–Kier alpha value is -1.79. The van der Waals surface area contributed by atoms with E-state index < -0.39 is 15.4 Å². The van der Waals surface area contributed by atoms with Gasteiger partial charge in [0.05, 0.1) is 4.90 Å². The SMILES string of the molecule is CC(C)(C)c1c(S(N)(=O)=O)cc2c(N)cccc2c1O. The molecule has 0 fully saturated rings. The van der Waals surface area contributed by atoms with Crippen LogP contribution in [-0.4, -0.2) is 13.5 Å². The van der Waals surface area contributed by atoms with Gasteiger partial charge in [-0.15, -0.1) is 0 Å². The number of nitrogens with two attached hydrogens (primary N) is 2. The molecule has 0 aliphatic rings. The summed E-state index contributed by atoms with van der Waals surface area (Å²) in [5.74, 6) is -0.0914. The average molecular weight is 294 g/mol. The van der Waals surface area contributed by atoms with E-state index in [0.29, 0.717) is 22.0 Å². The molecule has 0 aromatic heterocycles. The minimum Gasteiger partial charge on any atom is -0.507 e. The van der Waals surface area contributed by atoms with E-state index >= 15 is 0 Å². The number of nitrogen functional groups attached to an aromatic ring is 1. The van der Waals surface area contributed by atoms with Gasteiger partial charge >= 0.3 is 0 Å². The van der Waals surface area contributed by atoms with Gasteiger partial charge in [-0.3, -0.25) is 0 Å². The first-order chi connectivity index (χ1) is 9.03. The molecule has 20 heavy (non-hydrogen) atoms. The molecule has 0 atom stereocenters.